The number of carbonyl (C=O) groups excluding carboxylic acids is 2. The minimum atomic E-state index is -0.761. The van der Waals surface area contributed by atoms with Crippen molar-refractivity contribution in [1.29, 1.82) is 0 Å². The van der Waals surface area contributed by atoms with E-state index < -0.39 is 5.54 Å². The molecule has 0 bridgehead atoms. The number of nitrogens with one attached hydrogen (secondary N) is 2. The van der Waals surface area contributed by atoms with E-state index in [0.717, 1.165) is 47.2 Å². The fourth-order valence-electron chi connectivity index (χ4n) is 3.72. The first-order valence-electron chi connectivity index (χ1n) is 8.13. The number of urea groups is 1. The lowest BCUT2D eigenvalue weighted by Crippen LogP contribution is -2.48. The molecule has 4 rings (SSSR count). The van der Waals surface area contributed by atoms with Gasteiger partial charge in [-0.3, -0.25) is 10.1 Å². The molecule has 1 aliphatic heterocycles. The second-order valence-corrected chi connectivity index (χ2v) is 6.63. The minimum absolute atomic E-state index is 0.193. The van der Waals surface area contributed by atoms with Gasteiger partial charge in [0.1, 0.15) is 11.4 Å². The van der Waals surface area contributed by atoms with Crippen LogP contribution in [-0.2, 0) is 24.1 Å². The molecule has 120 valence electrons. The Kier molecular flexibility index (Phi) is 2.98. The second-order valence-electron chi connectivity index (χ2n) is 6.63. The van der Waals surface area contributed by atoms with Crippen LogP contribution in [0.3, 0.4) is 0 Å². The molecule has 6 nitrogen and oxygen atoms in total. The molecular weight excluding hydrogens is 292 g/mol. The molecule has 1 spiro atoms. The molecule has 1 atom stereocenters. The summed E-state index contributed by atoms with van der Waals surface area (Å²) in [5, 5.41) is 2.43. The Morgan fingerprint density at radius 2 is 2.00 bits per heavy atom. The van der Waals surface area contributed by atoms with Gasteiger partial charge in [0.15, 0.2) is 0 Å². The average molecular weight is 312 g/mol. The van der Waals surface area contributed by atoms with Crippen molar-refractivity contribution in [3.63, 3.8) is 0 Å². The smallest absolute Gasteiger partial charge is 0.324 e. The molecule has 6 heteroatoms. The van der Waals surface area contributed by atoms with Gasteiger partial charge >= 0.3 is 6.03 Å². The zero-order valence-corrected chi connectivity index (χ0v) is 13.4. The highest BCUT2D eigenvalue weighted by Gasteiger charge is 2.54. The number of aromatic nitrogens is 2. The Bertz CT molecular complexity index is 780. The van der Waals surface area contributed by atoms with Crippen LogP contribution in [0.2, 0.25) is 0 Å². The zero-order chi connectivity index (χ0) is 16.2. The number of likely N-dealkylation sites (N-methyl/N-ethyl adjacent to an activating group) is 1. The van der Waals surface area contributed by atoms with Gasteiger partial charge in [-0.15, -0.1) is 0 Å². The van der Waals surface area contributed by atoms with Crippen molar-refractivity contribution in [2.45, 2.75) is 44.6 Å². The van der Waals surface area contributed by atoms with Gasteiger partial charge in [0.25, 0.3) is 5.91 Å². The number of rotatable bonds is 3. The molecule has 3 amide bonds. The molecule has 1 aromatic carbocycles. The number of nitrogens with zero attached hydrogens (tertiary/aromatic N) is 2. The molecule has 1 unspecified atom stereocenters. The normalized spacial score (nSPS) is 19.0. The van der Waals surface area contributed by atoms with E-state index in [2.05, 4.69) is 34.3 Å². The van der Waals surface area contributed by atoms with Gasteiger partial charge in [0.05, 0.1) is 11.0 Å². The molecule has 2 N–H and O–H groups in total. The summed E-state index contributed by atoms with van der Waals surface area (Å²) in [5.41, 5.74) is 3.43. The van der Waals surface area contributed by atoms with Crippen LogP contribution in [-0.4, -0.2) is 39.4 Å². The minimum Gasteiger partial charge on any atom is -0.342 e. The molecule has 0 saturated carbocycles. The number of benzene rings is 1. The first kappa shape index (κ1) is 14.2. The van der Waals surface area contributed by atoms with E-state index in [1.165, 1.54) is 0 Å². The fraction of sp³-hybridized carbons (Fsp3) is 0.471. The van der Waals surface area contributed by atoms with Crippen LogP contribution in [0.25, 0.3) is 11.0 Å². The highest BCUT2D eigenvalue weighted by molar-refractivity contribution is 6.07. The summed E-state index contributed by atoms with van der Waals surface area (Å²) < 4.78 is 0. The van der Waals surface area contributed by atoms with Crippen LogP contribution < -0.4 is 5.32 Å². The van der Waals surface area contributed by atoms with Crippen molar-refractivity contribution in [2.24, 2.45) is 0 Å². The highest BCUT2D eigenvalue weighted by atomic mass is 16.2. The molecule has 2 aliphatic rings. The van der Waals surface area contributed by atoms with E-state index in [1.807, 2.05) is 0 Å². The number of H-pyrrole nitrogens is 1. The number of imidazole rings is 1. The van der Waals surface area contributed by atoms with Crippen LogP contribution in [0.15, 0.2) is 12.1 Å². The van der Waals surface area contributed by atoms with E-state index in [-0.39, 0.29) is 11.9 Å². The number of unbranched alkanes of at least 4 members (excludes halogenated alkanes) is 1. The summed E-state index contributed by atoms with van der Waals surface area (Å²) in [6.07, 6.45) is 4.35. The molecule has 2 aromatic rings. The zero-order valence-electron chi connectivity index (χ0n) is 13.4. The van der Waals surface area contributed by atoms with E-state index in [0.29, 0.717) is 12.8 Å². The molecule has 1 aromatic heterocycles. The Morgan fingerprint density at radius 1 is 1.26 bits per heavy atom. The first-order valence-corrected chi connectivity index (χ1v) is 8.13. The van der Waals surface area contributed by atoms with Crippen LogP contribution in [0.1, 0.15) is 36.7 Å². The van der Waals surface area contributed by atoms with Crippen molar-refractivity contribution >= 4 is 23.0 Å². The Balaban J connectivity index is 1.70. The lowest BCUT2D eigenvalue weighted by atomic mass is 9.95. The van der Waals surface area contributed by atoms with Gasteiger partial charge in [0, 0.05) is 26.3 Å². The largest absolute Gasteiger partial charge is 0.342 e. The fourth-order valence-corrected chi connectivity index (χ4v) is 3.72. The third kappa shape index (κ3) is 1.97. The number of aryl methyl sites for hydroxylation is 1. The van der Waals surface area contributed by atoms with Gasteiger partial charge in [-0.2, -0.15) is 0 Å². The third-order valence-electron chi connectivity index (χ3n) is 5.18. The predicted molar refractivity (Wildman–Crippen MR) is 86.1 cm³/mol. The van der Waals surface area contributed by atoms with Crippen molar-refractivity contribution in [3.05, 3.63) is 29.1 Å². The Labute approximate surface area is 134 Å². The maximum absolute atomic E-state index is 12.3. The van der Waals surface area contributed by atoms with Crippen LogP contribution in [0.4, 0.5) is 4.79 Å². The van der Waals surface area contributed by atoms with Crippen LogP contribution in [0.5, 0.6) is 0 Å². The molecular formula is C17H20N4O2. The number of fused-ring (bicyclic) bond motifs is 2. The Morgan fingerprint density at radius 3 is 2.65 bits per heavy atom. The van der Waals surface area contributed by atoms with E-state index >= 15 is 0 Å². The summed E-state index contributed by atoms with van der Waals surface area (Å²) in [4.78, 5) is 33.7. The maximum Gasteiger partial charge on any atom is 0.324 e. The first-order chi connectivity index (χ1) is 11.0. The summed E-state index contributed by atoms with van der Waals surface area (Å²) in [6.45, 7) is 2.17. The summed E-state index contributed by atoms with van der Waals surface area (Å²) in [7, 11) is 1.69. The predicted octanol–water partition coefficient (Wildman–Crippen LogP) is 1.92. The SMILES string of the molecule is CCCCc1nc2cc3c(cc2[nH]1)CC1(C3)C(=O)NC(=O)N1C. The van der Waals surface area contributed by atoms with E-state index in [1.54, 1.807) is 11.9 Å². The molecule has 1 aliphatic carbocycles. The quantitative estimate of drug-likeness (QED) is 0.850. The molecule has 1 saturated heterocycles. The molecule has 2 heterocycles. The standard InChI is InChI=1S/C17H20N4O2/c1-3-4-5-14-18-12-6-10-8-17(9-11(10)7-13(12)19-14)15(22)20-16(23)21(17)2/h6-7H,3-5,8-9H2,1-2H3,(H,18,19)(H,20,22,23). The number of hydrogen-bond donors (Lipinski definition) is 2. The van der Waals surface area contributed by atoms with Crippen LogP contribution in [0, 0.1) is 0 Å². The van der Waals surface area contributed by atoms with E-state index in [9.17, 15) is 9.59 Å². The third-order valence-corrected chi connectivity index (χ3v) is 5.18. The van der Waals surface area contributed by atoms with Gasteiger partial charge in [-0.05, 0) is 29.7 Å². The van der Waals surface area contributed by atoms with Gasteiger partial charge in [-0.25, -0.2) is 9.78 Å². The maximum atomic E-state index is 12.3. The van der Waals surface area contributed by atoms with Crippen molar-refractivity contribution in [1.82, 2.24) is 20.2 Å². The summed E-state index contributed by atoms with van der Waals surface area (Å²) in [5.74, 6) is 0.826. The van der Waals surface area contributed by atoms with Gasteiger partial charge in [-0.1, -0.05) is 13.3 Å². The van der Waals surface area contributed by atoms with Crippen molar-refractivity contribution in [2.75, 3.05) is 7.05 Å². The van der Waals surface area contributed by atoms with Crippen molar-refractivity contribution in [3.8, 4) is 0 Å². The molecule has 23 heavy (non-hydrogen) atoms. The lowest BCUT2D eigenvalue weighted by molar-refractivity contribution is -0.125. The number of hydrogen-bond acceptors (Lipinski definition) is 3. The monoisotopic (exact) mass is 312 g/mol. The molecule has 1 fully saturated rings. The number of aromatic amines is 1. The van der Waals surface area contributed by atoms with Crippen LogP contribution >= 0.6 is 0 Å². The van der Waals surface area contributed by atoms with Crippen molar-refractivity contribution < 1.29 is 9.59 Å². The second kappa shape index (κ2) is 4.81. The lowest BCUT2D eigenvalue weighted by Gasteiger charge is -2.27. The van der Waals surface area contributed by atoms with Gasteiger partial charge < -0.3 is 9.88 Å². The average Bonchev–Trinajstić information content (AvgIpc) is 3.14. The highest BCUT2D eigenvalue weighted by Crippen LogP contribution is 2.38. The molecule has 0 radical (unpaired) electrons. The van der Waals surface area contributed by atoms with Gasteiger partial charge in [0.2, 0.25) is 0 Å². The number of carbonyl (C=O) groups is 2. The Hall–Kier alpha value is -2.37. The topological polar surface area (TPSA) is 78.1 Å². The summed E-state index contributed by atoms with van der Waals surface area (Å²) >= 11 is 0. The van der Waals surface area contributed by atoms with E-state index in [4.69, 9.17) is 0 Å². The number of imide groups is 1. The number of amides is 3. The summed E-state index contributed by atoms with van der Waals surface area (Å²) in [6, 6.07) is 3.84.